The molecule has 0 aliphatic heterocycles. The summed E-state index contributed by atoms with van der Waals surface area (Å²) in [6.45, 7) is 0. The van der Waals surface area contributed by atoms with Crippen LogP contribution in [0.1, 0.15) is 11.3 Å². The molecule has 2 aromatic heterocycles. The predicted molar refractivity (Wildman–Crippen MR) is 112 cm³/mol. The van der Waals surface area contributed by atoms with Crippen molar-refractivity contribution in [3.8, 4) is 11.1 Å². The van der Waals surface area contributed by atoms with Crippen molar-refractivity contribution < 1.29 is 0 Å². The smallest absolute Gasteiger partial charge is 0.0927 e. The monoisotopic (exact) mass is 347 g/mol. The summed E-state index contributed by atoms with van der Waals surface area (Å²) in [5.74, 6) is 0. The minimum atomic E-state index is 0.934. The fourth-order valence-electron chi connectivity index (χ4n) is 3.41. The van der Waals surface area contributed by atoms with E-state index in [1.807, 2.05) is 36.7 Å². The first kappa shape index (κ1) is 15.5. The molecule has 128 valence electrons. The Kier molecular flexibility index (Phi) is 3.76. The van der Waals surface area contributed by atoms with Gasteiger partial charge in [0, 0.05) is 28.7 Å². The van der Waals surface area contributed by atoms with E-state index in [1.54, 1.807) is 0 Å². The van der Waals surface area contributed by atoms with E-state index in [9.17, 15) is 0 Å². The van der Waals surface area contributed by atoms with E-state index in [1.165, 1.54) is 5.39 Å². The maximum atomic E-state index is 4.48. The molecule has 0 saturated carbocycles. The van der Waals surface area contributed by atoms with E-state index in [4.69, 9.17) is 0 Å². The molecule has 0 saturated heterocycles. The lowest BCUT2D eigenvalue weighted by Gasteiger charge is -2.06. The quantitative estimate of drug-likeness (QED) is 0.438. The second-order valence-corrected chi connectivity index (χ2v) is 6.52. The lowest BCUT2D eigenvalue weighted by Crippen LogP contribution is -1.84. The van der Waals surface area contributed by atoms with E-state index >= 15 is 0 Å². The lowest BCUT2D eigenvalue weighted by atomic mass is 9.99. The first-order valence-corrected chi connectivity index (χ1v) is 8.93. The molecule has 5 rings (SSSR count). The van der Waals surface area contributed by atoms with E-state index in [-0.39, 0.29) is 0 Å². The van der Waals surface area contributed by atoms with Gasteiger partial charge in [0.2, 0.25) is 0 Å². The van der Waals surface area contributed by atoms with Crippen LogP contribution < -0.4 is 0 Å². The third-order valence-corrected chi connectivity index (χ3v) is 4.80. The van der Waals surface area contributed by atoms with Gasteiger partial charge in [-0.2, -0.15) is 5.10 Å². The van der Waals surface area contributed by atoms with Gasteiger partial charge in [0.25, 0.3) is 0 Å². The zero-order valence-corrected chi connectivity index (χ0v) is 14.6. The highest BCUT2D eigenvalue weighted by atomic mass is 15.1. The van der Waals surface area contributed by atoms with Crippen molar-refractivity contribution in [2.24, 2.45) is 0 Å². The van der Waals surface area contributed by atoms with E-state index in [2.05, 4.69) is 75.9 Å². The molecule has 0 spiro atoms. The summed E-state index contributed by atoms with van der Waals surface area (Å²) in [5.41, 5.74) is 5.39. The van der Waals surface area contributed by atoms with Crippen molar-refractivity contribution in [3.63, 3.8) is 0 Å². The number of fused-ring (bicyclic) bond motifs is 2. The van der Waals surface area contributed by atoms with Gasteiger partial charge in [-0.15, -0.1) is 0 Å². The van der Waals surface area contributed by atoms with Gasteiger partial charge in [0.05, 0.1) is 11.2 Å². The molecular weight excluding hydrogens is 330 g/mol. The Balaban J connectivity index is 1.62. The Morgan fingerprint density at radius 3 is 2.52 bits per heavy atom. The molecule has 3 aromatic carbocycles. The lowest BCUT2D eigenvalue weighted by molar-refractivity contribution is 1.11. The normalized spacial score (nSPS) is 11.6. The largest absolute Gasteiger partial charge is 0.277 e. The van der Waals surface area contributed by atoms with Crippen molar-refractivity contribution >= 4 is 33.8 Å². The molecule has 2 heterocycles. The molecule has 0 fully saturated rings. The summed E-state index contributed by atoms with van der Waals surface area (Å²) in [4.78, 5) is 4.42. The minimum Gasteiger partial charge on any atom is -0.277 e. The fraction of sp³-hybridized carbons (Fsp3) is 0. The molecule has 3 nitrogen and oxygen atoms in total. The van der Waals surface area contributed by atoms with Crippen LogP contribution in [0.25, 0.3) is 45.0 Å². The van der Waals surface area contributed by atoms with Gasteiger partial charge in [0.1, 0.15) is 0 Å². The van der Waals surface area contributed by atoms with Gasteiger partial charge >= 0.3 is 0 Å². The number of aromatic amines is 1. The summed E-state index contributed by atoms with van der Waals surface area (Å²) in [6.07, 6.45) is 7.98. The second kappa shape index (κ2) is 6.54. The molecule has 0 unspecified atom stereocenters. The van der Waals surface area contributed by atoms with Crippen LogP contribution in [0.3, 0.4) is 0 Å². The molecule has 1 N–H and O–H groups in total. The molecule has 5 aromatic rings. The van der Waals surface area contributed by atoms with E-state index < -0.39 is 0 Å². The Morgan fingerprint density at radius 1 is 0.741 bits per heavy atom. The number of H-pyrrole nitrogens is 1. The van der Waals surface area contributed by atoms with Gasteiger partial charge in [-0.25, -0.2) is 0 Å². The minimum absolute atomic E-state index is 0.934. The number of rotatable bonds is 3. The Hall–Kier alpha value is -3.72. The molecule has 0 bridgehead atoms. The van der Waals surface area contributed by atoms with Crippen LogP contribution in [0.4, 0.5) is 0 Å². The third kappa shape index (κ3) is 2.89. The average molecular weight is 347 g/mol. The molecule has 0 amide bonds. The Labute approximate surface area is 157 Å². The summed E-state index contributed by atoms with van der Waals surface area (Å²) < 4.78 is 0. The number of benzene rings is 3. The number of hydrogen-bond acceptors (Lipinski definition) is 2. The van der Waals surface area contributed by atoms with Gasteiger partial charge in [-0.1, -0.05) is 66.7 Å². The van der Waals surface area contributed by atoms with Crippen molar-refractivity contribution in [1.82, 2.24) is 15.2 Å². The number of aromatic nitrogens is 3. The van der Waals surface area contributed by atoms with Crippen molar-refractivity contribution in [2.75, 3.05) is 0 Å². The summed E-state index contributed by atoms with van der Waals surface area (Å²) in [7, 11) is 0. The van der Waals surface area contributed by atoms with Crippen molar-refractivity contribution in [2.45, 2.75) is 0 Å². The van der Waals surface area contributed by atoms with Gasteiger partial charge < -0.3 is 0 Å². The Morgan fingerprint density at radius 2 is 1.59 bits per heavy atom. The van der Waals surface area contributed by atoms with Gasteiger partial charge in [-0.3, -0.25) is 10.1 Å². The number of hydrogen-bond donors (Lipinski definition) is 1. The van der Waals surface area contributed by atoms with Crippen LogP contribution in [0.5, 0.6) is 0 Å². The maximum absolute atomic E-state index is 4.48. The van der Waals surface area contributed by atoms with Crippen LogP contribution in [-0.2, 0) is 0 Å². The molecule has 0 radical (unpaired) electrons. The molecule has 0 atom stereocenters. The van der Waals surface area contributed by atoms with Crippen LogP contribution >= 0.6 is 0 Å². The van der Waals surface area contributed by atoms with Crippen molar-refractivity contribution in [1.29, 1.82) is 0 Å². The summed E-state index contributed by atoms with van der Waals surface area (Å²) in [6, 6.07) is 25.0. The van der Waals surface area contributed by atoms with Crippen LogP contribution in [-0.4, -0.2) is 15.2 Å². The molecule has 3 heteroatoms. The number of nitrogens with one attached hydrogen (secondary N) is 1. The predicted octanol–water partition coefficient (Wildman–Crippen LogP) is 5.95. The summed E-state index contributed by atoms with van der Waals surface area (Å²) in [5, 5.41) is 11.1. The van der Waals surface area contributed by atoms with Crippen LogP contribution in [0, 0.1) is 0 Å². The van der Waals surface area contributed by atoms with Gasteiger partial charge in [-0.05, 0) is 34.7 Å². The number of pyridine rings is 1. The highest BCUT2D eigenvalue weighted by Crippen LogP contribution is 2.30. The second-order valence-electron chi connectivity index (χ2n) is 6.52. The average Bonchev–Trinajstić information content (AvgIpc) is 3.15. The zero-order valence-electron chi connectivity index (χ0n) is 14.6. The number of nitrogens with zero attached hydrogens (tertiary/aromatic N) is 2. The SMILES string of the molecule is C(=C\c1n[nH]c2ccc(-c3cncc4ccccc34)cc12)/c1ccccc1. The molecule has 0 aliphatic rings. The highest BCUT2D eigenvalue weighted by Gasteiger charge is 2.08. The fourth-order valence-corrected chi connectivity index (χ4v) is 3.41. The third-order valence-electron chi connectivity index (χ3n) is 4.80. The van der Waals surface area contributed by atoms with E-state index in [0.29, 0.717) is 0 Å². The first-order chi connectivity index (χ1) is 13.4. The topological polar surface area (TPSA) is 41.6 Å². The van der Waals surface area contributed by atoms with E-state index in [0.717, 1.165) is 38.7 Å². The van der Waals surface area contributed by atoms with Gasteiger partial charge in [0.15, 0.2) is 0 Å². The highest BCUT2D eigenvalue weighted by molar-refractivity contribution is 5.99. The Bertz CT molecular complexity index is 1260. The maximum Gasteiger partial charge on any atom is 0.0927 e. The standard InChI is InChI=1S/C24H17N3/c1-2-6-17(7-3-1)10-12-23-21-14-18(11-13-24(21)27-26-23)22-16-25-15-19-8-4-5-9-20(19)22/h1-16H,(H,26,27)/b12-10+. The van der Waals surface area contributed by atoms with Crippen LogP contribution in [0.2, 0.25) is 0 Å². The molecule has 27 heavy (non-hydrogen) atoms. The zero-order chi connectivity index (χ0) is 18.1. The molecular formula is C24H17N3. The molecule has 0 aliphatic carbocycles. The summed E-state index contributed by atoms with van der Waals surface area (Å²) >= 11 is 0. The first-order valence-electron chi connectivity index (χ1n) is 8.93. The van der Waals surface area contributed by atoms with Crippen LogP contribution in [0.15, 0.2) is 85.2 Å². The van der Waals surface area contributed by atoms with Crippen molar-refractivity contribution in [3.05, 3.63) is 96.4 Å².